The maximum Gasteiger partial charge on any atom is 0.488 e. The minimum absolute atomic E-state index is 0.0249. The lowest BCUT2D eigenvalue weighted by molar-refractivity contribution is 0.234. The van der Waals surface area contributed by atoms with Crippen molar-refractivity contribution in [1.82, 2.24) is 15.8 Å². The van der Waals surface area contributed by atoms with E-state index >= 15 is 0 Å². The number of hydrogen-bond acceptors (Lipinski definition) is 9. The van der Waals surface area contributed by atoms with Crippen LogP contribution in [-0.2, 0) is 0 Å². The molecule has 2 aromatic carbocycles. The number of rotatable bonds is 8. The fourth-order valence-electron chi connectivity index (χ4n) is 2.35. The quantitative estimate of drug-likeness (QED) is 0.0792. The summed E-state index contributed by atoms with van der Waals surface area (Å²) in [6.45, 7) is 0.497. The minimum atomic E-state index is -1.49. The van der Waals surface area contributed by atoms with Crippen LogP contribution in [0, 0.1) is 5.82 Å². The number of nitrogens with zero attached hydrogens (tertiary/aromatic N) is 3. The number of benzene rings is 2. The van der Waals surface area contributed by atoms with Crippen LogP contribution in [0.15, 0.2) is 61.5 Å². The van der Waals surface area contributed by atoms with E-state index < -0.39 is 12.9 Å². The van der Waals surface area contributed by atoms with Crippen LogP contribution in [0.25, 0.3) is 0 Å². The molecule has 0 radical (unpaired) electrons. The molecule has 5 N–H and O–H groups in total. The minimum Gasteiger partial charge on any atom is -0.423 e. The largest absolute Gasteiger partial charge is 0.488 e. The Kier molecular flexibility index (Phi) is 7.82. The summed E-state index contributed by atoms with van der Waals surface area (Å²) in [4.78, 5) is 5.15. The Morgan fingerprint density at radius 3 is 2.63 bits per heavy atom. The van der Waals surface area contributed by atoms with Crippen molar-refractivity contribution < 1.29 is 24.3 Å². The molecule has 30 heavy (non-hydrogen) atoms. The summed E-state index contributed by atoms with van der Waals surface area (Å²) in [5.41, 5.74) is 2.91. The predicted octanol–water partition coefficient (Wildman–Crippen LogP) is 1.91. The van der Waals surface area contributed by atoms with Crippen molar-refractivity contribution in [3.05, 3.63) is 58.4 Å². The van der Waals surface area contributed by atoms with E-state index in [0.29, 0.717) is 23.4 Å². The zero-order valence-corrected chi connectivity index (χ0v) is 17.7. The standard InChI is InChI=1S/C17H16BBrFN5O4S/c19-13-9-11(3-6-14(13)20)22-17(23-28)15-16(25-29-24-15)21-7-8-30-12-4-1-10(2-5-12)18(26)27/h1-6,9,26-28H,7-8H2,(H,21,25)(H,22,23). The van der Waals surface area contributed by atoms with Crippen LogP contribution >= 0.6 is 27.7 Å². The Bertz CT molecular complexity index is 1020. The third kappa shape index (κ3) is 5.80. The molecule has 0 amide bonds. The smallest absolute Gasteiger partial charge is 0.423 e. The molecule has 0 fully saturated rings. The molecule has 0 atom stereocenters. The van der Waals surface area contributed by atoms with Gasteiger partial charge >= 0.3 is 7.12 Å². The summed E-state index contributed by atoms with van der Waals surface area (Å²) >= 11 is 4.63. The summed E-state index contributed by atoms with van der Waals surface area (Å²) < 4.78 is 18.3. The van der Waals surface area contributed by atoms with Crippen LogP contribution < -0.4 is 16.3 Å². The molecule has 1 aromatic heterocycles. The Hall–Kier alpha value is -2.45. The highest BCUT2D eigenvalue weighted by molar-refractivity contribution is 9.10. The number of aliphatic imine (C=N–C) groups is 1. The highest BCUT2D eigenvalue weighted by Crippen LogP contribution is 2.23. The molecule has 0 spiro atoms. The van der Waals surface area contributed by atoms with Crippen LogP contribution in [0.3, 0.4) is 0 Å². The van der Waals surface area contributed by atoms with Crippen molar-refractivity contribution in [2.24, 2.45) is 4.99 Å². The molecule has 0 aliphatic carbocycles. The second-order valence-corrected chi connectivity index (χ2v) is 7.87. The van der Waals surface area contributed by atoms with E-state index in [0.717, 1.165) is 4.90 Å². The van der Waals surface area contributed by atoms with Crippen LogP contribution in [0.2, 0.25) is 0 Å². The monoisotopic (exact) mass is 495 g/mol. The Labute approximate surface area is 183 Å². The van der Waals surface area contributed by atoms with Crippen molar-refractivity contribution >= 4 is 57.6 Å². The summed E-state index contributed by atoms with van der Waals surface area (Å²) in [6, 6.07) is 11.0. The van der Waals surface area contributed by atoms with Gasteiger partial charge in [-0.2, -0.15) is 0 Å². The number of hydroxylamine groups is 1. The molecule has 3 rings (SSSR count). The van der Waals surface area contributed by atoms with Gasteiger partial charge in [-0.25, -0.2) is 14.0 Å². The van der Waals surface area contributed by atoms with E-state index in [-0.39, 0.29) is 21.8 Å². The highest BCUT2D eigenvalue weighted by Gasteiger charge is 2.16. The van der Waals surface area contributed by atoms with Crippen molar-refractivity contribution in [3.63, 3.8) is 0 Å². The van der Waals surface area contributed by atoms with Gasteiger partial charge in [-0.05, 0) is 62.0 Å². The number of aromatic nitrogens is 2. The molecule has 156 valence electrons. The van der Waals surface area contributed by atoms with Crippen molar-refractivity contribution in [1.29, 1.82) is 0 Å². The van der Waals surface area contributed by atoms with Crippen LogP contribution in [0.4, 0.5) is 15.9 Å². The van der Waals surface area contributed by atoms with Crippen LogP contribution in [-0.4, -0.2) is 50.8 Å². The van der Waals surface area contributed by atoms with E-state index in [1.165, 1.54) is 18.2 Å². The molecule has 1 heterocycles. The van der Waals surface area contributed by atoms with E-state index in [4.69, 9.17) is 14.7 Å². The van der Waals surface area contributed by atoms with Gasteiger partial charge in [-0.15, -0.1) is 11.8 Å². The van der Waals surface area contributed by atoms with Gasteiger partial charge in [0, 0.05) is 17.2 Å². The average molecular weight is 496 g/mol. The van der Waals surface area contributed by atoms with Crippen molar-refractivity contribution in [3.8, 4) is 0 Å². The molecule has 0 saturated carbocycles. The third-order valence-electron chi connectivity index (χ3n) is 3.80. The second-order valence-electron chi connectivity index (χ2n) is 5.85. The summed E-state index contributed by atoms with van der Waals surface area (Å²) in [7, 11) is -1.49. The molecule has 0 bridgehead atoms. The topological polar surface area (TPSA) is 136 Å². The van der Waals surface area contributed by atoms with Gasteiger partial charge in [0.05, 0.1) is 10.2 Å². The van der Waals surface area contributed by atoms with E-state index in [9.17, 15) is 9.60 Å². The van der Waals surface area contributed by atoms with Gasteiger partial charge in [-0.1, -0.05) is 12.1 Å². The molecule has 0 aliphatic rings. The van der Waals surface area contributed by atoms with E-state index in [1.54, 1.807) is 36.0 Å². The lowest BCUT2D eigenvalue weighted by atomic mass is 9.81. The first kappa shape index (κ1) is 22.2. The summed E-state index contributed by atoms with van der Waals surface area (Å²) in [6.07, 6.45) is 0. The van der Waals surface area contributed by atoms with Gasteiger partial charge in [0.1, 0.15) is 5.82 Å². The Balaban J connectivity index is 1.61. The second kappa shape index (κ2) is 10.5. The molecule has 0 aliphatic heterocycles. The molecule has 3 aromatic rings. The van der Waals surface area contributed by atoms with E-state index in [1.807, 2.05) is 5.48 Å². The van der Waals surface area contributed by atoms with Gasteiger partial charge < -0.3 is 15.4 Å². The number of anilines is 1. The molecule has 13 heteroatoms. The fourth-order valence-corrected chi connectivity index (χ4v) is 3.48. The zero-order chi connectivity index (χ0) is 21.5. The average Bonchev–Trinajstić information content (AvgIpc) is 3.20. The Morgan fingerprint density at radius 1 is 1.20 bits per heavy atom. The van der Waals surface area contributed by atoms with Crippen LogP contribution in [0.5, 0.6) is 0 Å². The number of thioether (sulfide) groups is 1. The van der Waals surface area contributed by atoms with Crippen molar-refractivity contribution in [2.45, 2.75) is 4.90 Å². The van der Waals surface area contributed by atoms with Gasteiger partial charge in [-0.3, -0.25) is 10.7 Å². The maximum absolute atomic E-state index is 13.4. The molecular formula is C17H16BBrFN5O4S. The highest BCUT2D eigenvalue weighted by atomic mass is 79.9. The molecule has 0 saturated heterocycles. The Morgan fingerprint density at radius 2 is 1.97 bits per heavy atom. The number of hydrogen-bond donors (Lipinski definition) is 5. The maximum atomic E-state index is 13.4. The third-order valence-corrected chi connectivity index (χ3v) is 5.43. The molecular weight excluding hydrogens is 480 g/mol. The van der Waals surface area contributed by atoms with Gasteiger partial charge in [0.2, 0.25) is 5.82 Å². The summed E-state index contributed by atoms with van der Waals surface area (Å²) in [5, 5.41) is 38.2. The lowest BCUT2D eigenvalue weighted by Gasteiger charge is -2.06. The fraction of sp³-hybridized carbons (Fsp3) is 0.118. The SMILES string of the molecule is ONC(=Nc1ccc(F)c(Br)c1)c1nonc1NCCSc1ccc(B(O)O)cc1. The van der Waals surface area contributed by atoms with Gasteiger partial charge in [0.15, 0.2) is 11.5 Å². The lowest BCUT2D eigenvalue weighted by Crippen LogP contribution is -2.29. The molecule has 0 unspecified atom stereocenters. The number of nitrogens with one attached hydrogen (secondary N) is 2. The van der Waals surface area contributed by atoms with E-state index in [2.05, 4.69) is 36.6 Å². The normalized spacial score (nSPS) is 11.4. The summed E-state index contributed by atoms with van der Waals surface area (Å²) in [5.74, 6) is 0.480. The van der Waals surface area contributed by atoms with Crippen molar-refractivity contribution in [2.75, 3.05) is 17.6 Å². The number of halogens is 2. The predicted molar refractivity (Wildman–Crippen MR) is 115 cm³/mol. The first-order valence-corrected chi connectivity index (χ1v) is 10.4. The molecule has 9 nitrogen and oxygen atoms in total. The first-order valence-electron chi connectivity index (χ1n) is 8.57. The van der Waals surface area contributed by atoms with Gasteiger partial charge in [0.25, 0.3) is 0 Å². The number of amidine groups is 1. The zero-order valence-electron chi connectivity index (χ0n) is 15.3. The first-order chi connectivity index (χ1) is 14.5. The van der Waals surface area contributed by atoms with Crippen LogP contribution in [0.1, 0.15) is 5.69 Å².